The largest absolute Gasteiger partial charge is 0.307 e. The fourth-order valence-electron chi connectivity index (χ4n) is 2.21. The van der Waals surface area contributed by atoms with Gasteiger partial charge in [-0.05, 0) is 25.1 Å². The fraction of sp³-hybridized carbons (Fsp3) is 0.200. The predicted octanol–water partition coefficient (Wildman–Crippen LogP) is 3.67. The standard InChI is InChI=1S/C15H13ClFN3/c1-10-6-7-13-15(18-10)20(14(8-16)19-13)9-11-4-2-3-5-12(11)17/h2-7H,8-9H2,1H3. The van der Waals surface area contributed by atoms with Crippen LogP contribution in [-0.4, -0.2) is 14.5 Å². The first-order chi connectivity index (χ1) is 9.69. The van der Waals surface area contributed by atoms with Crippen molar-refractivity contribution >= 4 is 22.8 Å². The zero-order valence-corrected chi connectivity index (χ0v) is 11.7. The van der Waals surface area contributed by atoms with Crippen LogP contribution in [0.4, 0.5) is 4.39 Å². The number of benzene rings is 1. The molecule has 3 rings (SSSR count). The minimum absolute atomic E-state index is 0.234. The lowest BCUT2D eigenvalue weighted by Crippen LogP contribution is -2.06. The molecule has 0 atom stereocenters. The Morgan fingerprint density at radius 2 is 1.95 bits per heavy atom. The van der Waals surface area contributed by atoms with E-state index in [-0.39, 0.29) is 11.7 Å². The minimum Gasteiger partial charge on any atom is -0.307 e. The fourth-order valence-corrected chi connectivity index (χ4v) is 2.41. The summed E-state index contributed by atoms with van der Waals surface area (Å²) in [6, 6.07) is 10.5. The number of halogens is 2. The summed E-state index contributed by atoms with van der Waals surface area (Å²) in [5.74, 6) is 0.731. The van der Waals surface area contributed by atoms with E-state index >= 15 is 0 Å². The Hall–Kier alpha value is -1.94. The van der Waals surface area contributed by atoms with Gasteiger partial charge in [0.05, 0.1) is 12.4 Å². The SMILES string of the molecule is Cc1ccc2nc(CCl)n(Cc3ccccc3F)c2n1. The van der Waals surface area contributed by atoms with Crippen LogP contribution in [0.2, 0.25) is 0 Å². The van der Waals surface area contributed by atoms with Crippen LogP contribution in [0.3, 0.4) is 0 Å². The van der Waals surface area contributed by atoms with Crippen LogP contribution in [0.1, 0.15) is 17.1 Å². The molecule has 0 unspecified atom stereocenters. The Morgan fingerprint density at radius 3 is 2.70 bits per heavy atom. The molecule has 3 aromatic rings. The molecule has 0 radical (unpaired) electrons. The molecular weight excluding hydrogens is 277 g/mol. The molecule has 2 aromatic heterocycles. The lowest BCUT2D eigenvalue weighted by atomic mass is 10.2. The maximum absolute atomic E-state index is 13.8. The van der Waals surface area contributed by atoms with Gasteiger partial charge in [0, 0.05) is 11.3 Å². The van der Waals surface area contributed by atoms with Gasteiger partial charge in [0.1, 0.15) is 17.2 Å². The monoisotopic (exact) mass is 289 g/mol. The van der Waals surface area contributed by atoms with E-state index in [0.717, 1.165) is 16.9 Å². The van der Waals surface area contributed by atoms with Crippen LogP contribution in [0.5, 0.6) is 0 Å². The highest BCUT2D eigenvalue weighted by atomic mass is 35.5. The predicted molar refractivity (Wildman–Crippen MR) is 77.3 cm³/mol. The van der Waals surface area contributed by atoms with Crippen molar-refractivity contribution in [2.45, 2.75) is 19.3 Å². The van der Waals surface area contributed by atoms with E-state index in [0.29, 0.717) is 17.9 Å². The third-order valence-corrected chi connectivity index (χ3v) is 3.46. The molecule has 0 aliphatic carbocycles. The summed E-state index contributed by atoms with van der Waals surface area (Å²) in [4.78, 5) is 8.93. The topological polar surface area (TPSA) is 30.7 Å². The van der Waals surface area contributed by atoms with Crippen LogP contribution in [0, 0.1) is 12.7 Å². The minimum atomic E-state index is -0.234. The molecule has 20 heavy (non-hydrogen) atoms. The summed E-state index contributed by atoms with van der Waals surface area (Å²) in [5.41, 5.74) is 3.02. The third-order valence-electron chi connectivity index (χ3n) is 3.22. The molecule has 0 bridgehead atoms. The summed E-state index contributed by atoms with van der Waals surface area (Å²) in [5, 5.41) is 0. The average molecular weight is 290 g/mol. The number of hydrogen-bond donors (Lipinski definition) is 0. The molecule has 0 aliphatic rings. The van der Waals surface area contributed by atoms with Gasteiger partial charge in [-0.2, -0.15) is 0 Å². The van der Waals surface area contributed by atoms with Crippen molar-refractivity contribution in [3.05, 3.63) is 59.3 Å². The first kappa shape index (κ1) is 13.1. The van der Waals surface area contributed by atoms with Crippen LogP contribution >= 0.6 is 11.6 Å². The lowest BCUT2D eigenvalue weighted by molar-refractivity contribution is 0.598. The van der Waals surface area contributed by atoms with E-state index in [1.807, 2.05) is 29.7 Å². The highest BCUT2D eigenvalue weighted by molar-refractivity contribution is 6.16. The molecule has 0 amide bonds. The van der Waals surface area contributed by atoms with E-state index in [1.165, 1.54) is 6.07 Å². The van der Waals surface area contributed by atoms with Crippen LogP contribution in [0.15, 0.2) is 36.4 Å². The van der Waals surface area contributed by atoms with Crippen molar-refractivity contribution in [3.63, 3.8) is 0 Å². The lowest BCUT2D eigenvalue weighted by Gasteiger charge is -2.08. The van der Waals surface area contributed by atoms with E-state index in [4.69, 9.17) is 11.6 Å². The van der Waals surface area contributed by atoms with Gasteiger partial charge in [0.25, 0.3) is 0 Å². The molecule has 0 spiro atoms. The molecule has 1 aromatic carbocycles. The molecule has 102 valence electrons. The first-order valence-electron chi connectivity index (χ1n) is 6.31. The normalized spacial score (nSPS) is 11.2. The molecular formula is C15H13ClFN3. The number of rotatable bonds is 3. The van der Waals surface area contributed by atoms with Crippen molar-refractivity contribution in [2.75, 3.05) is 0 Å². The highest BCUT2D eigenvalue weighted by Gasteiger charge is 2.13. The zero-order valence-electron chi connectivity index (χ0n) is 11.0. The summed E-state index contributed by atoms with van der Waals surface area (Å²) in [6.07, 6.45) is 0. The van der Waals surface area contributed by atoms with Gasteiger partial charge in [-0.25, -0.2) is 14.4 Å². The maximum atomic E-state index is 13.8. The number of nitrogens with zero attached hydrogens (tertiary/aromatic N) is 3. The Bertz CT molecular complexity index is 767. The van der Waals surface area contributed by atoms with Gasteiger partial charge < -0.3 is 4.57 Å². The second-order valence-electron chi connectivity index (χ2n) is 4.63. The van der Waals surface area contributed by atoms with Crippen molar-refractivity contribution in [1.29, 1.82) is 0 Å². The van der Waals surface area contributed by atoms with Gasteiger partial charge >= 0.3 is 0 Å². The van der Waals surface area contributed by atoms with Crippen molar-refractivity contribution in [2.24, 2.45) is 0 Å². The quantitative estimate of drug-likeness (QED) is 0.689. The molecule has 5 heteroatoms. The molecule has 0 saturated heterocycles. The average Bonchev–Trinajstić information content (AvgIpc) is 2.79. The Balaban J connectivity index is 2.14. The second kappa shape index (κ2) is 5.21. The Morgan fingerprint density at radius 1 is 1.15 bits per heavy atom. The van der Waals surface area contributed by atoms with Gasteiger partial charge in [0.2, 0.25) is 0 Å². The number of imidazole rings is 1. The smallest absolute Gasteiger partial charge is 0.160 e. The molecule has 2 heterocycles. The number of fused-ring (bicyclic) bond motifs is 1. The van der Waals surface area contributed by atoms with E-state index in [9.17, 15) is 4.39 Å². The number of alkyl halides is 1. The third kappa shape index (κ3) is 2.27. The maximum Gasteiger partial charge on any atom is 0.160 e. The van der Waals surface area contributed by atoms with Crippen LogP contribution in [0.25, 0.3) is 11.2 Å². The van der Waals surface area contributed by atoms with Gasteiger partial charge in [-0.3, -0.25) is 0 Å². The molecule has 0 aliphatic heterocycles. The zero-order chi connectivity index (χ0) is 14.1. The second-order valence-corrected chi connectivity index (χ2v) is 4.90. The van der Waals surface area contributed by atoms with E-state index in [1.54, 1.807) is 12.1 Å². The highest BCUT2D eigenvalue weighted by Crippen LogP contribution is 2.19. The van der Waals surface area contributed by atoms with Crippen molar-refractivity contribution in [3.8, 4) is 0 Å². The molecule has 3 nitrogen and oxygen atoms in total. The van der Waals surface area contributed by atoms with Gasteiger partial charge in [0.15, 0.2) is 5.65 Å². The molecule has 0 saturated carbocycles. The summed E-state index contributed by atoms with van der Waals surface area (Å²) < 4.78 is 15.7. The van der Waals surface area contributed by atoms with E-state index in [2.05, 4.69) is 9.97 Å². The van der Waals surface area contributed by atoms with Crippen molar-refractivity contribution in [1.82, 2.24) is 14.5 Å². The van der Waals surface area contributed by atoms with Gasteiger partial charge in [-0.15, -0.1) is 11.6 Å². The number of aryl methyl sites for hydroxylation is 1. The number of aromatic nitrogens is 3. The number of pyridine rings is 1. The van der Waals surface area contributed by atoms with Crippen molar-refractivity contribution < 1.29 is 4.39 Å². The van der Waals surface area contributed by atoms with Gasteiger partial charge in [-0.1, -0.05) is 18.2 Å². The molecule has 0 fully saturated rings. The van der Waals surface area contributed by atoms with Crippen LogP contribution < -0.4 is 0 Å². The number of hydrogen-bond acceptors (Lipinski definition) is 2. The first-order valence-corrected chi connectivity index (χ1v) is 6.84. The summed E-state index contributed by atoms with van der Waals surface area (Å²) in [6.45, 7) is 2.29. The molecule has 0 N–H and O–H groups in total. The Kier molecular flexibility index (Phi) is 3.40. The Labute approximate surface area is 121 Å². The van der Waals surface area contributed by atoms with E-state index < -0.39 is 0 Å². The van der Waals surface area contributed by atoms with Crippen LogP contribution in [-0.2, 0) is 12.4 Å². The summed E-state index contributed by atoms with van der Waals surface area (Å²) >= 11 is 5.94. The summed E-state index contributed by atoms with van der Waals surface area (Å²) in [7, 11) is 0.